The number of fused-ring (bicyclic) bond motifs is 4. The average molecular weight is 661 g/mol. The van der Waals surface area contributed by atoms with Crippen LogP contribution >= 0.6 is 0 Å². The molecule has 9 nitrogen and oxygen atoms in total. The topological polar surface area (TPSA) is 135 Å². The van der Waals surface area contributed by atoms with Gasteiger partial charge in [-0.3, -0.25) is 4.79 Å². The molecule has 0 radical (unpaired) electrons. The van der Waals surface area contributed by atoms with Gasteiger partial charge in [-0.25, -0.2) is 0 Å². The van der Waals surface area contributed by atoms with E-state index in [2.05, 4.69) is 41.5 Å². The van der Waals surface area contributed by atoms with Gasteiger partial charge in [0.25, 0.3) is 0 Å². The van der Waals surface area contributed by atoms with Gasteiger partial charge in [0.1, 0.15) is 6.10 Å². The van der Waals surface area contributed by atoms with Gasteiger partial charge in [0.15, 0.2) is 6.29 Å². The van der Waals surface area contributed by atoms with E-state index in [1.165, 1.54) is 6.42 Å². The number of morpholine rings is 1. The lowest BCUT2D eigenvalue weighted by molar-refractivity contribution is -0.245. The van der Waals surface area contributed by atoms with Crippen LogP contribution in [0.15, 0.2) is 0 Å². The second-order valence-corrected chi connectivity index (χ2v) is 19.2. The molecule has 7 aliphatic rings. The Hall–Kier alpha value is -0.810. The Morgan fingerprint density at radius 2 is 1.77 bits per heavy atom. The molecule has 5 saturated carbocycles. The maximum Gasteiger partial charge on any atom is 0.223 e. The van der Waals surface area contributed by atoms with Crippen molar-refractivity contribution in [3.8, 4) is 0 Å². The molecule has 7 rings (SSSR count). The van der Waals surface area contributed by atoms with Gasteiger partial charge in [-0.15, -0.1) is 0 Å². The second-order valence-electron chi connectivity index (χ2n) is 19.2. The number of ether oxygens (including phenoxy) is 3. The van der Waals surface area contributed by atoms with E-state index < -0.39 is 35.6 Å². The van der Waals surface area contributed by atoms with E-state index in [1.54, 1.807) is 13.8 Å². The van der Waals surface area contributed by atoms with E-state index in [9.17, 15) is 20.1 Å². The number of nitrogens with zero attached hydrogens (tertiary/aromatic N) is 1. The van der Waals surface area contributed by atoms with Crippen LogP contribution in [0.2, 0.25) is 0 Å². The molecule has 2 saturated heterocycles. The van der Waals surface area contributed by atoms with Crippen molar-refractivity contribution < 1.29 is 34.3 Å². The molecule has 1 amide bonds. The molecule has 5 N–H and O–H groups in total. The minimum absolute atomic E-state index is 0.0524. The monoisotopic (exact) mass is 660 g/mol. The molecule has 5 aliphatic carbocycles. The summed E-state index contributed by atoms with van der Waals surface area (Å²) in [6, 6.07) is 0. The molecule has 0 bridgehead atoms. The van der Waals surface area contributed by atoms with Crippen molar-refractivity contribution >= 4 is 5.91 Å². The van der Waals surface area contributed by atoms with E-state index in [0.29, 0.717) is 44.4 Å². The zero-order valence-electron chi connectivity index (χ0n) is 30.3. The first kappa shape index (κ1) is 34.6. The van der Waals surface area contributed by atoms with Crippen LogP contribution in [0.5, 0.6) is 0 Å². The summed E-state index contributed by atoms with van der Waals surface area (Å²) >= 11 is 0. The SMILES string of the molecule is CC(C)CC(=O)N1CCO[C@@H](OC2CCC34C[C@]35CCC3(C)[C@@H]6[C@@H](OC([C@H](O)C(C)(C)O)C[C@H]6C)[C@H](O)[C@@]3(N)C5CC[C@H]4C2(C)C)C1. The zero-order valence-corrected chi connectivity index (χ0v) is 30.3. The second kappa shape index (κ2) is 11.1. The van der Waals surface area contributed by atoms with Crippen LogP contribution in [0, 0.1) is 51.2 Å². The lowest BCUT2D eigenvalue weighted by Crippen LogP contribution is -2.70. The molecule has 0 aromatic rings. The first-order chi connectivity index (χ1) is 21.8. The van der Waals surface area contributed by atoms with Crippen LogP contribution < -0.4 is 5.73 Å². The molecular formula is C38H64N2O7. The molecule has 2 aliphatic heterocycles. The molecule has 2 heterocycles. The lowest BCUT2D eigenvalue weighted by atomic mass is 9.43. The van der Waals surface area contributed by atoms with E-state index >= 15 is 0 Å². The molecule has 5 unspecified atom stereocenters. The van der Waals surface area contributed by atoms with E-state index in [-0.39, 0.29) is 57.7 Å². The van der Waals surface area contributed by atoms with Gasteiger partial charge in [-0.2, -0.15) is 0 Å². The lowest BCUT2D eigenvalue weighted by Gasteiger charge is -2.63. The Balaban J connectivity index is 1.10. The standard InChI is InChI=1S/C38H64N2O7/c1-21(2)17-27(41)40-15-16-45-28(19-40)47-26-11-12-36-20-37(36)14-13-35(8)29-22(3)18-23(31(42)34(6,7)44)46-30(29)32(43)38(35,39)25(37)10-9-24(36)33(26,4)5/h21-26,28-32,42-44H,9-20,39H2,1-8H3/t22-,23?,24+,25?,26?,28+,29+,30-,31+,32+,35?,36?,37+,38+/m1/s1. The van der Waals surface area contributed by atoms with Gasteiger partial charge in [0, 0.05) is 13.0 Å². The Labute approximate surface area is 282 Å². The number of carbonyl (C=O) groups excluding carboxylic acids is 1. The smallest absolute Gasteiger partial charge is 0.223 e. The molecule has 0 aromatic heterocycles. The van der Waals surface area contributed by atoms with Crippen LogP contribution in [0.25, 0.3) is 0 Å². The fourth-order valence-corrected chi connectivity index (χ4v) is 13.4. The van der Waals surface area contributed by atoms with Gasteiger partial charge in [-0.1, -0.05) is 41.5 Å². The van der Waals surface area contributed by atoms with Crippen molar-refractivity contribution in [3.63, 3.8) is 0 Å². The third-order valence-electron chi connectivity index (χ3n) is 15.6. The average Bonchev–Trinajstić information content (AvgIpc) is 3.62. The molecule has 2 spiro atoms. The first-order valence-corrected chi connectivity index (χ1v) is 18.9. The highest BCUT2D eigenvalue weighted by molar-refractivity contribution is 5.76. The van der Waals surface area contributed by atoms with E-state index in [4.69, 9.17) is 19.9 Å². The Bertz CT molecular complexity index is 1240. The van der Waals surface area contributed by atoms with Crippen molar-refractivity contribution in [2.24, 2.45) is 57.0 Å². The van der Waals surface area contributed by atoms with Gasteiger partial charge >= 0.3 is 0 Å². The summed E-state index contributed by atoms with van der Waals surface area (Å²) < 4.78 is 19.5. The predicted octanol–water partition coefficient (Wildman–Crippen LogP) is 4.24. The number of nitrogens with two attached hydrogens (primary N) is 1. The van der Waals surface area contributed by atoms with Gasteiger partial charge in [0.05, 0.1) is 48.7 Å². The third kappa shape index (κ3) is 4.75. The maximum absolute atomic E-state index is 12.8. The van der Waals surface area contributed by atoms with Gasteiger partial charge in [-0.05, 0) is 116 Å². The number of aliphatic hydroxyl groups excluding tert-OH is 2. The number of hydrogen-bond donors (Lipinski definition) is 4. The highest BCUT2D eigenvalue weighted by Gasteiger charge is 2.85. The van der Waals surface area contributed by atoms with E-state index in [0.717, 1.165) is 38.5 Å². The minimum atomic E-state index is -1.29. The van der Waals surface area contributed by atoms with Crippen molar-refractivity contribution in [1.29, 1.82) is 0 Å². The molecule has 0 aromatic carbocycles. The fraction of sp³-hybridized carbons (Fsp3) is 0.974. The van der Waals surface area contributed by atoms with Gasteiger partial charge < -0.3 is 40.2 Å². The van der Waals surface area contributed by atoms with Crippen molar-refractivity contribution in [3.05, 3.63) is 0 Å². The third-order valence-corrected chi connectivity index (χ3v) is 15.6. The summed E-state index contributed by atoms with van der Waals surface area (Å²) in [6.45, 7) is 18.4. The van der Waals surface area contributed by atoms with Crippen LogP contribution in [0.4, 0.5) is 0 Å². The number of carbonyl (C=O) groups is 1. The Morgan fingerprint density at radius 3 is 2.45 bits per heavy atom. The molecule has 9 heteroatoms. The Morgan fingerprint density at radius 1 is 1.09 bits per heavy atom. The number of hydrogen-bond acceptors (Lipinski definition) is 8. The normalized spacial score (nSPS) is 50.9. The van der Waals surface area contributed by atoms with Crippen molar-refractivity contribution in [2.45, 2.75) is 161 Å². The van der Waals surface area contributed by atoms with E-state index in [1.807, 2.05) is 4.90 Å². The quantitative estimate of drug-likeness (QED) is 0.333. The summed E-state index contributed by atoms with van der Waals surface area (Å²) in [5.41, 5.74) is 5.69. The van der Waals surface area contributed by atoms with Crippen LogP contribution in [0.3, 0.4) is 0 Å². The summed E-state index contributed by atoms with van der Waals surface area (Å²) in [4.78, 5) is 14.8. The number of aliphatic hydroxyl groups is 3. The Kier molecular flexibility index (Phi) is 8.17. The fourth-order valence-electron chi connectivity index (χ4n) is 13.4. The van der Waals surface area contributed by atoms with Crippen molar-refractivity contribution in [1.82, 2.24) is 4.90 Å². The largest absolute Gasteiger partial charge is 0.388 e. The summed E-state index contributed by atoms with van der Waals surface area (Å²) in [7, 11) is 0. The summed E-state index contributed by atoms with van der Waals surface area (Å²) in [5, 5.41) is 33.9. The first-order valence-electron chi connectivity index (χ1n) is 18.9. The van der Waals surface area contributed by atoms with Crippen molar-refractivity contribution in [2.75, 3.05) is 19.7 Å². The highest BCUT2D eigenvalue weighted by Crippen LogP contribution is 2.87. The molecule has 7 fully saturated rings. The van der Waals surface area contributed by atoms with Crippen LogP contribution in [-0.2, 0) is 19.0 Å². The maximum atomic E-state index is 12.8. The predicted molar refractivity (Wildman–Crippen MR) is 178 cm³/mol. The summed E-state index contributed by atoms with van der Waals surface area (Å²) in [6.07, 6.45) is 5.50. The highest BCUT2D eigenvalue weighted by atomic mass is 16.7. The molecule has 268 valence electrons. The van der Waals surface area contributed by atoms with Crippen LogP contribution in [-0.4, -0.2) is 93.8 Å². The van der Waals surface area contributed by atoms with Gasteiger partial charge in [0.2, 0.25) is 5.91 Å². The molecule has 14 atom stereocenters. The minimum Gasteiger partial charge on any atom is -0.388 e. The summed E-state index contributed by atoms with van der Waals surface area (Å²) in [5.74, 6) is 1.56. The van der Waals surface area contributed by atoms with Crippen LogP contribution in [0.1, 0.15) is 113 Å². The zero-order chi connectivity index (χ0) is 34.1. The molecular weight excluding hydrogens is 596 g/mol. The number of rotatable bonds is 6. The number of amides is 1. The molecule has 47 heavy (non-hydrogen) atoms.